The number of amides is 3. The molecule has 1 rings (SSSR count). The van der Waals surface area contributed by atoms with Crippen molar-refractivity contribution in [3.05, 3.63) is 0 Å². The third-order valence-electron chi connectivity index (χ3n) is 5.05. The van der Waals surface area contributed by atoms with Crippen LogP contribution in [0.25, 0.3) is 0 Å². The first-order valence-corrected chi connectivity index (χ1v) is 8.55. The molecule has 1 fully saturated rings. The van der Waals surface area contributed by atoms with E-state index in [1.54, 1.807) is 0 Å². The van der Waals surface area contributed by atoms with Gasteiger partial charge in [-0.2, -0.15) is 0 Å². The van der Waals surface area contributed by atoms with Gasteiger partial charge in [0.1, 0.15) is 0 Å². The first-order valence-electron chi connectivity index (χ1n) is 8.55. The summed E-state index contributed by atoms with van der Waals surface area (Å²) in [5.74, 6) is -0.0718. The molecule has 1 aliphatic carbocycles. The van der Waals surface area contributed by atoms with Crippen molar-refractivity contribution in [2.45, 2.75) is 65.8 Å². The molecule has 0 aromatic rings. The molecule has 6 heteroatoms. The summed E-state index contributed by atoms with van der Waals surface area (Å²) < 4.78 is 0. The molecule has 3 amide bonds. The van der Waals surface area contributed by atoms with Gasteiger partial charge in [0.15, 0.2) is 0 Å². The van der Waals surface area contributed by atoms with E-state index >= 15 is 0 Å². The molecular formula is C17H31N3O3. The van der Waals surface area contributed by atoms with Gasteiger partial charge in [-0.1, -0.05) is 27.2 Å². The van der Waals surface area contributed by atoms with Gasteiger partial charge in [-0.05, 0) is 37.0 Å². The maximum absolute atomic E-state index is 11.9. The summed E-state index contributed by atoms with van der Waals surface area (Å²) in [6.07, 6.45) is 5.45. The third kappa shape index (κ3) is 7.01. The quantitative estimate of drug-likeness (QED) is 0.660. The van der Waals surface area contributed by atoms with Gasteiger partial charge >= 0.3 is 0 Å². The monoisotopic (exact) mass is 325 g/mol. The van der Waals surface area contributed by atoms with E-state index in [2.05, 4.69) is 36.7 Å². The molecule has 0 heterocycles. The molecule has 0 radical (unpaired) electrons. The molecule has 0 saturated heterocycles. The summed E-state index contributed by atoms with van der Waals surface area (Å²) in [6, 6.07) is 0.207. The number of carbonyl (C=O) groups is 3. The van der Waals surface area contributed by atoms with E-state index in [0.717, 1.165) is 31.6 Å². The van der Waals surface area contributed by atoms with Crippen LogP contribution in [0.15, 0.2) is 0 Å². The molecule has 0 spiro atoms. The first-order chi connectivity index (χ1) is 10.7. The molecule has 0 aliphatic heterocycles. The number of hydrogen-bond donors (Lipinski definition) is 3. The molecule has 0 unspecified atom stereocenters. The SMILES string of the molecule is CCC(C)(C)C1CCC(NC(=O)CNC(=O)CNC(C)=O)CC1. The topological polar surface area (TPSA) is 87.3 Å². The maximum Gasteiger partial charge on any atom is 0.239 e. The van der Waals surface area contributed by atoms with Gasteiger partial charge in [-0.25, -0.2) is 0 Å². The molecule has 3 N–H and O–H groups in total. The summed E-state index contributed by atoms with van der Waals surface area (Å²) >= 11 is 0. The molecule has 132 valence electrons. The van der Waals surface area contributed by atoms with Gasteiger partial charge in [0.05, 0.1) is 13.1 Å². The van der Waals surface area contributed by atoms with E-state index in [1.807, 2.05) is 0 Å². The van der Waals surface area contributed by atoms with Crippen LogP contribution in [0.4, 0.5) is 0 Å². The van der Waals surface area contributed by atoms with E-state index in [1.165, 1.54) is 13.3 Å². The minimum atomic E-state index is -0.358. The second-order valence-corrected chi connectivity index (χ2v) is 7.14. The summed E-state index contributed by atoms with van der Waals surface area (Å²) in [5, 5.41) is 7.88. The molecule has 0 aromatic heterocycles. The average molecular weight is 325 g/mol. The standard InChI is InChI=1S/C17H31N3O3/c1-5-17(3,4)13-6-8-14(9-7-13)20-16(23)11-19-15(22)10-18-12(2)21/h13-14H,5-11H2,1-4H3,(H,18,21)(H,19,22)(H,20,23). The summed E-state index contributed by atoms with van der Waals surface area (Å²) in [6.45, 7) is 8.08. The van der Waals surface area contributed by atoms with Crippen LogP contribution in [0, 0.1) is 11.3 Å². The van der Waals surface area contributed by atoms with E-state index < -0.39 is 0 Å². The van der Waals surface area contributed by atoms with Crippen LogP contribution in [-0.2, 0) is 14.4 Å². The lowest BCUT2D eigenvalue weighted by molar-refractivity contribution is -0.127. The van der Waals surface area contributed by atoms with Crippen molar-refractivity contribution >= 4 is 17.7 Å². The Bertz CT molecular complexity index is 427. The van der Waals surface area contributed by atoms with E-state index in [-0.39, 0.29) is 36.9 Å². The van der Waals surface area contributed by atoms with Gasteiger partial charge < -0.3 is 16.0 Å². The fraction of sp³-hybridized carbons (Fsp3) is 0.824. The van der Waals surface area contributed by atoms with Crippen LogP contribution in [0.3, 0.4) is 0 Å². The number of carbonyl (C=O) groups excluding carboxylic acids is 3. The predicted octanol–water partition coefficient (Wildman–Crippen LogP) is 1.35. The van der Waals surface area contributed by atoms with E-state index in [9.17, 15) is 14.4 Å². The van der Waals surface area contributed by atoms with Crippen molar-refractivity contribution in [3.8, 4) is 0 Å². The first kappa shape index (κ1) is 19.5. The van der Waals surface area contributed by atoms with Crippen LogP contribution in [-0.4, -0.2) is 36.9 Å². The second-order valence-electron chi connectivity index (χ2n) is 7.14. The Morgan fingerprint density at radius 1 is 0.957 bits per heavy atom. The third-order valence-corrected chi connectivity index (χ3v) is 5.05. The van der Waals surface area contributed by atoms with Crippen LogP contribution in [0.1, 0.15) is 59.8 Å². The van der Waals surface area contributed by atoms with Crippen LogP contribution < -0.4 is 16.0 Å². The molecule has 0 aromatic carbocycles. The fourth-order valence-electron chi connectivity index (χ4n) is 3.03. The largest absolute Gasteiger partial charge is 0.352 e. The van der Waals surface area contributed by atoms with E-state index in [4.69, 9.17) is 0 Å². The van der Waals surface area contributed by atoms with Crippen LogP contribution >= 0.6 is 0 Å². The van der Waals surface area contributed by atoms with Crippen molar-refractivity contribution in [1.82, 2.24) is 16.0 Å². The molecule has 1 saturated carbocycles. The Morgan fingerprint density at radius 3 is 2.04 bits per heavy atom. The Hall–Kier alpha value is -1.59. The van der Waals surface area contributed by atoms with Crippen molar-refractivity contribution in [2.75, 3.05) is 13.1 Å². The summed E-state index contributed by atoms with van der Waals surface area (Å²) in [5.41, 5.74) is 0.368. The van der Waals surface area contributed by atoms with Crippen molar-refractivity contribution in [1.29, 1.82) is 0 Å². The fourth-order valence-corrected chi connectivity index (χ4v) is 3.03. The lowest BCUT2D eigenvalue weighted by Crippen LogP contribution is -2.45. The van der Waals surface area contributed by atoms with Crippen molar-refractivity contribution < 1.29 is 14.4 Å². The molecule has 0 bridgehead atoms. The smallest absolute Gasteiger partial charge is 0.239 e. The highest BCUT2D eigenvalue weighted by molar-refractivity contribution is 5.87. The number of rotatable bonds is 7. The van der Waals surface area contributed by atoms with Gasteiger partial charge in [0.25, 0.3) is 0 Å². The molecule has 6 nitrogen and oxygen atoms in total. The Labute approximate surface area is 139 Å². The minimum Gasteiger partial charge on any atom is -0.352 e. The van der Waals surface area contributed by atoms with Gasteiger partial charge in [0.2, 0.25) is 17.7 Å². The van der Waals surface area contributed by atoms with Gasteiger partial charge in [-0.15, -0.1) is 0 Å². The normalized spacial score (nSPS) is 21.4. The van der Waals surface area contributed by atoms with E-state index in [0.29, 0.717) is 5.41 Å². The minimum absolute atomic E-state index is 0.0429. The van der Waals surface area contributed by atoms with Gasteiger partial charge in [-0.3, -0.25) is 14.4 Å². The van der Waals surface area contributed by atoms with Crippen LogP contribution in [0.5, 0.6) is 0 Å². The average Bonchev–Trinajstić information content (AvgIpc) is 2.51. The lowest BCUT2D eigenvalue weighted by Gasteiger charge is -2.39. The predicted molar refractivity (Wildman–Crippen MR) is 89.7 cm³/mol. The Kier molecular flexibility index (Phi) is 7.52. The molecule has 1 aliphatic rings. The van der Waals surface area contributed by atoms with Gasteiger partial charge in [0, 0.05) is 13.0 Å². The second kappa shape index (κ2) is 8.89. The molecule has 23 heavy (non-hydrogen) atoms. The summed E-state index contributed by atoms with van der Waals surface area (Å²) in [7, 11) is 0. The Morgan fingerprint density at radius 2 is 1.52 bits per heavy atom. The van der Waals surface area contributed by atoms with Crippen molar-refractivity contribution in [3.63, 3.8) is 0 Å². The number of hydrogen-bond acceptors (Lipinski definition) is 3. The molecular weight excluding hydrogens is 294 g/mol. The number of nitrogens with one attached hydrogen (secondary N) is 3. The molecule has 0 atom stereocenters. The zero-order valence-electron chi connectivity index (χ0n) is 14.8. The summed E-state index contributed by atoms with van der Waals surface area (Å²) in [4.78, 5) is 34.0. The van der Waals surface area contributed by atoms with Crippen LogP contribution in [0.2, 0.25) is 0 Å². The highest BCUT2D eigenvalue weighted by Crippen LogP contribution is 2.40. The van der Waals surface area contributed by atoms with Crippen molar-refractivity contribution in [2.24, 2.45) is 11.3 Å². The highest BCUT2D eigenvalue weighted by atomic mass is 16.2. The maximum atomic E-state index is 11.9. The lowest BCUT2D eigenvalue weighted by atomic mass is 9.69. The zero-order chi connectivity index (χ0) is 17.5. The Balaban J connectivity index is 2.24. The highest BCUT2D eigenvalue weighted by Gasteiger charge is 2.32. The zero-order valence-corrected chi connectivity index (χ0v) is 14.8.